The highest BCUT2D eigenvalue weighted by molar-refractivity contribution is 6.03. The maximum Gasteiger partial charge on any atom is 0.258 e. The van der Waals surface area contributed by atoms with Crippen LogP contribution in [-0.4, -0.2) is 35.6 Å². The van der Waals surface area contributed by atoms with E-state index in [9.17, 15) is 9.59 Å². The predicted molar refractivity (Wildman–Crippen MR) is 132 cm³/mol. The summed E-state index contributed by atoms with van der Waals surface area (Å²) in [5.74, 6) is 0.926. The fourth-order valence-corrected chi connectivity index (χ4v) is 4.00. The first-order chi connectivity index (χ1) is 17.0. The number of carbonyl (C=O) groups excluding carboxylic acids is 2. The van der Waals surface area contributed by atoms with Gasteiger partial charge in [-0.2, -0.15) is 4.98 Å². The summed E-state index contributed by atoms with van der Waals surface area (Å²) >= 11 is 0. The van der Waals surface area contributed by atoms with Crippen LogP contribution in [0.3, 0.4) is 0 Å². The van der Waals surface area contributed by atoms with Crippen LogP contribution in [0.15, 0.2) is 77.3 Å². The number of nitrogens with zero attached hydrogens (tertiary/aromatic N) is 3. The number of hydrogen-bond donors (Lipinski definition) is 1. The quantitative estimate of drug-likeness (QED) is 0.440. The van der Waals surface area contributed by atoms with Crippen molar-refractivity contribution in [3.05, 3.63) is 78.4 Å². The molecule has 1 aliphatic heterocycles. The number of hydrogen-bond acceptors (Lipinski definition) is 6. The van der Waals surface area contributed by atoms with Gasteiger partial charge in [0, 0.05) is 35.5 Å². The van der Waals surface area contributed by atoms with Crippen LogP contribution in [0.2, 0.25) is 0 Å². The van der Waals surface area contributed by atoms with Gasteiger partial charge in [0.25, 0.3) is 5.89 Å². The molecule has 0 spiro atoms. The monoisotopic (exact) mass is 468 g/mol. The summed E-state index contributed by atoms with van der Waals surface area (Å²) in [7, 11) is 1.59. The minimum atomic E-state index is -0.433. The van der Waals surface area contributed by atoms with Gasteiger partial charge in [-0.1, -0.05) is 35.0 Å². The second kappa shape index (κ2) is 9.42. The van der Waals surface area contributed by atoms with Gasteiger partial charge in [0.15, 0.2) is 0 Å². The van der Waals surface area contributed by atoms with Crippen LogP contribution < -0.4 is 15.0 Å². The molecule has 0 bridgehead atoms. The molecule has 1 fully saturated rings. The number of carbonyl (C=O) groups is 2. The number of aryl methyl sites for hydroxylation is 1. The molecule has 8 nitrogen and oxygen atoms in total. The van der Waals surface area contributed by atoms with Crippen LogP contribution in [0.1, 0.15) is 12.0 Å². The van der Waals surface area contributed by atoms with Gasteiger partial charge in [-0.05, 0) is 55.5 Å². The Balaban J connectivity index is 1.22. The van der Waals surface area contributed by atoms with Gasteiger partial charge in [0.2, 0.25) is 17.6 Å². The molecule has 0 radical (unpaired) electrons. The molecule has 3 aromatic carbocycles. The minimum Gasteiger partial charge on any atom is -0.497 e. The van der Waals surface area contributed by atoms with Crippen molar-refractivity contribution >= 4 is 23.2 Å². The number of benzene rings is 3. The van der Waals surface area contributed by atoms with E-state index in [4.69, 9.17) is 9.26 Å². The van der Waals surface area contributed by atoms with Crippen molar-refractivity contribution in [1.82, 2.24) is 10.1 Å². The molecule has 5 rings (SSSR count). The lowest BCUT2D eigenvalue weighted by atomic mass is 10.1. The predicted octanol–water partition coefficient (Wildman–Crippen LogP) is 4.71. The van der Waals surface area contributed by atoms with Crippen molar-refractivity contribution < 1.29 is 18.8 Å². The highest BCUT2D eigenvalue weighted by atomic mass is 16.5. The fraction of sp³-hybridized carbons (Fsp3) is 0.185. The Hall–Kier alpha value is -4.46. The standard InChI is InChI=1S/C27H24N4O4/c1-17-3-5-18(6-4-17)25-29-27(35-30-25)19-7-9-21(10-8-19)28-26(33)20-15-24(32)31(16-20)22-11-13-23(34-2)14-12-22/h3-14,20H,15-16H2,1-2H3,(H,28,33)/t20-/m1/s1. The first-order valence-corrected chi connectivity index (χ1v) is 11.3. The van der Waals surface area contributed by atoms with Crippen molar-refractivity contribution in [2.45, 2.75) is 13.3 Å². The Kier molecular flexibility index (Phi) is 6.01. The van der Waals surface area contributed by atoms with E-state index in [0.29, 0.717) is 29.7 Å². The number of nitrogens with one attached hydrogen (secondary N) is 1. The first-order valence-electron chi connectivity index (χ1n) is 11.3. The lowest BCUT2D eigenvalue weighted by molar-refractivity contribution is -0.122. The molecule has 1 saturated heterocycles. The van der Waals surface area contributed by atoms with E-state index in [1.807, 2.05) is 55.5 Å². The molecule has 0 aliphatic carbocycles. The highest BCUT2D eigenvalue weighted by Gasteiger charge is 2.35. The number of methoxy groups -OCH3 is 1. The van der Waals surface area contributed by atoms with Gasteiger partial charge in [0.05, 0.1) is 13.0 Å². The van der Waals surface area contributed by atoms with Crippen LogP contribution in [0, 0.1) is 12.8 Å². The summed E-state index contributed by atoms with van der Waals surface area (Å²) in [5, 5.41) is 6.97. The average molecular weight is 469 g/mol. The van der Waals surface area contributed by atoms with Crippen molar-refractivity contribution in [2.75, 3.05) is 23.9 Å². The SMILES string of the molecule is COc1ccc(N2C[C@H](C(=O)Nc3ccc(-c4nc(-c5ccc(C)cc5)no4)cc3)CC2=O)cc1. The summed E-state index contributed by atoms with van der Waals surface area (Å²) in [6.07, 6.45) is 0.166. The number of rotatable bonds is 6. The molecule has 176 valence electrons. The van der Waals surface area contributed by atoms with Gasteiger partial charge in [-0.25, -0.2) is 0 Å². The number of amides is 2. The smallest absolute Gasteiger partial charge is 0.258 e. The van der Waals surface area contributed by atoms with Crippen LogP contribution in [0.25, 0.3) is 22.8 Å². The third kappa shape index (κ3) is 4.77. The third-order valence-corrected chi connectivity index (χ3v) is 6.02. The van der Waals surface area contributed by atoms with Crippen molar-refractivity contribution in [3.8, 4) is 28.6 Å². The summed E-state index contributed by atoms with van der Waals surface area (Å²) in [6, 6.07) is 22.3. The molecule has 4 aromatic rings. The molecule has 8 heteroatoms. The van der Waals surface area contributed by atoms with E-state index in [0.717, 1.165) is 22.4 Å². The van der Waals surface area contributed by atoms with Crippen LogP contribution in [0.5, 0.6) is 5.75 Å². The van der Waals surface area contributed by atoms with E-state index in [-0.39, 0.29) is 18.2 Å². The molecular formula is C27H24N4O4. The third-order valence-electron chi connectivity index (χ3n) is 6.02. The van der Waals surface area contributed by atoms with E-state index in [1.54, 1.807) is 36.3 Å². The van der Waals surface area contributed by atoms with E-state index >= 15 is 0 Å². The maximum absolute atomic E-state index is 12.8. The number of ether oxygens (including phenoxy) is 1. The van der Waals surface area contributed by atoms with Crippen LogP contribution in [-0.2, 0) is 9.59 Å². The molecule has 1 aromatic heterocycles. The second-order valence-corrected chi connectivity index (χ2v) is 8.46. The Morgan fingerprint density at radius 1 is 1.00 bits per heavy atom. The van der Waals surface area contributed by atoms with Crippen molar-refractivity contribution in [1.29, 1.82) is 0 Å². The molecule has 1 aliphatic rings. The maximum atomic E-state index is 12.8. The van der Waals surface area contributed by atoms with Gasteiger partial charge in [-0.3, -0.25) is 9.59 Å². The molecule has 2 amide bonds. The normalized spacial score (nSPS) is 15.3. The summed E-state index contributed by atoms with van der Waals surface area (Å²) in [6.45, 7) is 2.35. The number of aromatic nitrogens is 2. The average Bonchev–Trinajstić information content (AvgIpc) is 3.52. The van der Waals surface area contributed by atoms with Crippen molar-refractivity contribution in [3.63, 3.8) is 0 Å². The molecule has 1 N–H and O–H groups in total. The largest absolute Gasteiger partial charge is 0.497 e. The Morgan fingerprint density at radius 2 is 1.69 bits per heavy atom. The van der Waals surface area contributed by atoms with Crippen LogP contribution >= 0.6 is 0 Å². The molecule has 0 unspecified atom stereocenters. The lowest BCUT2D eigenvalue weighted by Gasteiger charge is -2.17. The summed E-state index contributed by atoms with van der Waals surface area (Å²) in [5.41, 5.74) is 4.16. The van der Waals surface area contributed by atoms with Gasteiger partial charge in [0.1, 0.15) is 5.75 Å². The lowest BCUT2D eigenvalue weighted by Crippen LogP contribution is -2.28. The minimum absolute atomic E-state index is 0.0774. The van der Waals surface area contributed by atoms with Crippen LogP contribution in [0.4, 0.5) is 11.4 Å². The Bertz CT molecular complexity index is 1350. The van der Waals surface area contributed by atoms with E-state index in [2.05, 4.69) is 15.5 Å². The van der Waals surface area contributed by atoms with Gasteiger partial charge < -0.3 is 19.5 Å². The van der Waals surface area contributed by atoms with E-state index in [1.165, 1.54) is 0 Å². The highest BCUT2D eigenvalue weighted by Crippen LogP contribution is 2.28. The van der Waals surface area contributed by atoms with E-state index < -0.39 is 5.92 Å². The zero-order valence-corrected chi connectivity index (χ0v) is 19.4. The molecular weight excluding hydrogens is 444 g/mol. The molecule has 0 saturated carbocycles. The Labute approximate surface area is 202 Å². The molecule has 1 atom stereocenters. The van der Waals surface area contributed by atoms with Crippen molar-refractivity contribution in [2.24, 2.45) is 5.92 Å². The topological polar surface area (TPSA) is 97.6 Å². The van der Waals surface area contributed by atoms with Gasteiger partial charge >= 0.3 is 0 Å². The number of anilines is 2. The zero-order valence-electron chi connectivity index (χ0n) is 19.4. The molecule has 2 heterocycles. The Morgan fingerprint density at radius 3 is 2.37 bits per heavy atom. The second-order valence-electron chi connectivity index (χ2n) is 8.46. The molecule has 35 heavy (non-hydrogen) atoms. The first kappa shape index (κ1) is 22.3. The summed E-state index contributed by atoms with van der Waals surface area (Å²) < 4.78 is 10.6. The van der Waals surface area contributed by atoms with Gasteiger partial charge in [-0.15, -0.1) is 0 Å². The zero-order chi connectivity index (χ0) is 24.4. The fourth-order valence-electron chi connectivity index (χ4n) is 4.00. The summed E-state index contributed by atoms with van der Waals surface area (Å²) in [4.78, 5) is 31.4.